The molecular formula is C12H15F3N2O2. The maximum Gasteiger partial charge on any atom is 0.416 e. The van der Waals surface area contributed by atoms with E-state index in [0.717, 1.165) is 12.1 Å². The lowest BCUT2D eigenvalue weighted by molar-refractivity contribution is -0.137. The van der Waals surface area contributed by atoms with E-state index in [0.29, 0.717) is 12.1 Å². The van der Waals surface area contributed by atoms with E-state index in [9.17, 15) is 18.0 Å². The first-order valence-corrected chi connectivity index (χ1v) is 5.64. The predicted octanol–water partition coefficient (Wildman–Crippen LogP) is 1.30. The Kier molecular flexibility index (Phi) is 5.78. The Morgan fingerprint density at radius 3 is 2.74 bits per heavy atom. The van der Waals surface area contributed by atoms with Crippen molar-refractivity contribution in [2.45, 2.75) is 12.7 Å². The third-order valence-electron chi connectivity index (χ3n) is 2.24. The number of hydrogen-bond donors (Lipinski definition) is 2. The van der Waals surface area contributed by atoms with Gasteiger partial charge in [-0.15, -0.1) is 0 Å². The summed E-state index contributed by atoms with van der Waals surface area (Å²) in [7, 11) is 0. The number of hydrogen-bond acceptors (Lipinski definition) is 3. The summed E-state index contributed by atoms with van der Waals surface area (Å²) >= 11 is 0. The van der Waals surface area contributed by atoms with Crippen LogP contribution in [-0.4, -0.2) is 25.7 Å². The van der Waals surface area contributed by atoms with Gasteiger partial charge in [-0.1, -0.05) is 12.1 Å². The van der Waals surface area contributed by atoms with Crippen LogP contribution in [0.1, 0.15) is 11.1 Å². The molecule has 1 rings (SSSR count). The zero-order valence-electron chi connectivity index (χ0n) is 10.2. The predicted molar refractivity (Wildman–Crippen MR) is 63.2 cm³/mol. The van der Waals surface area contributed by atoms with Gasteiger partial charge in [0.15, 0.2) is 0 Å². The zero-order valence-corrected chi connectivity index (χ0v) is 10.2. The van der Waals surface area contributed by atoms with Gasteiger partial charge in [-0.3, -0.25) is 4.79 Å². The molecule has 0 radical (unpaired) electrons. The van der Waals surface area contributed by atoms with Gasteiger partial charge in [0.05, 0.1) is 12.2 Å². The summed E-state index contributed by atoms with van der Waals surface area (Å²) in [6.45, 7) is 0.433. The van der Waals surface area contributed by atoms with Crippen LogP contribution in [0.5, 0.6) is 0 Å². The van der Waals surface area contributed by atoms with Gasteiger partial charge in [0.2, 0.25) is 5.91 Å². The maximum absolute atomic E-state index is 12.5. The summed E-state index contributed by atoms with van der Waals surface area (Å²) < 4.78 is 42.3. The Hall–Kier alpha value is -1.60. The van der Waals surface area contributed by atoms with Crippen LogP contribution in [0, 0.1) is 0 Å². The molecule has 3 N–H and O–H groups in total. The molecule has 106 valence electrons. The molecule has 1 amide bonds. The Bertz CT molecular complexity index is 422. The fourth-order valence-corrected chi connectivity index (χ4v) is 1.36. The normalized spacial score (nSPS) is 11.4. The van der Waals surface area contributed by atoms with Crippen molar-refractivity contribution in [2.75, 3.05) is 19.8 Å². The molecule has 0 aromatic heterocycles. The third-order valence-corrected chi connectivity index (χ3v) is 2.24. The summed E-state index contributed by atoms with van der Waals surface area (Å²) in [5, 5.41) is 2.46. The number of benzene rings is 1. The number of carbonyl (C=O) groups is 1. The lowest BCUT2D eigenvalue weighted by Crippen LogP contribution is -2.28. The van der Waals surface area contributed by atoms with Crippen LogP contribution in [0.15, 0.2) is 24.3 Å². The minimum Gasteiger partial charge on any atom is -0.370 e. The minimum absolute atomic E-state index is 0.0226. The second-order valence-corrected chi connectivity index (χ2v) is 3.82. The fraction of sp³-hybridized carbons (Fsp3) is 0.417. The molecule has 0 saturated heterocycles. The number of amides is 1. The molecule has 0 aliphatic rings. The summed E-state index contributed by atoms with van der Waals surface area (Å²) in [5.41, 5.74) is 4.81. The van der Waals surface area contributed by atoms with Crippen LogP contribution in [0.4, 0.5) is 13.2 Å². The highest BCUT2D eigenvalue weighted by molar-refractivity contribution is 5.77. The largest absolute Gasteiger partial charge is 0.416 e. The Balaban J connectivity index is 2.47. The summed E-state index contributed by atoms with van der Waals surface area (Å²) in [5.74, 6) is -0.397. The first-order valence-electron chi connectivity index (χ1n) is 5.64. The number of ether oxygens (including phenoxy) is 1. The standard InChI is InChI=1S/C12H15F3N2O2/c13-12(14,15)10-3-1-2-9(6-10)7-17-11(18)8-19-5-4-16/h1-3,6H,4-5,7-8,16H2,(H,17,18). The summed E-state index contributed by atoms with van der Waals surface area (Å²) in [6.07, 6.45) is -4.38. The smallest absolute Gasteiger partial charge is 0.370 e. The maximum atomic E-state index is 12.5. The van der Waals surface area contributed by atoms with Crippen LogP contribution in [-0.2, 0) is 22.3 Å². The highest BCUT2D eigenvalue weighted by Crippen LogP contribution is 2.29. The van der Waals surface area contributed by atoms with Gasteiger partial charge in [0, 0.05) is 13.1 Å². The summed E-state index contributed by atoms with van der Waals surface area (Å²) in [6, 6.07) is 4.79. The van der Waals surface area contributed by atoms with E-state index < -0.39 is 17.6 Å². The van der Waals surface area contributed by atoms with E-state index in [1.54, 1.807) is 0 Å². The van der Waals surface area contributed by atoms with Crippen molar-refractivity contribution in [2.24, 2.45) is 5.73 Å². The van der Waals surface area contributed by atoms with Crippen LogP contribution >= 0.6 is 0 Å². The SMILES string of the molecule is NCCOCC(=O)NCc1cccc(C(F)(F)F)c1. The molecule has 0 aliphatic heterocycles. The van der Waals surface area contributed by atoms with Crippen molar-refractivity contribution < 1.29 is 22.7 Å². The van der Waals surface area contributed by atoms with Gasteiger partial charge in [-0.25, -0.2) is 0 Å². The van der Waals surface area contributed by atoms with Gasteiger partial charge in [0.1, 0.15) is 6.61 Å². The van der Waals surface area contributed by atoms with E-state index in [1.165, 1.54) is 12.1 Å². The second-order valence-electron chi connectivity index (χ2n) is 3.82. The van der Waals surface area contributed by atoms with Crippen molar-refractivity contribution >= 4 is 5.91 Å². The number of rotatable bonds is 6. The van der Waals surface area contributed by atoms with Crippen LogP contribution in [0.2, 0.25) is 0 Å². The lowest BCUT2D eigenvalue weighted by atomic mass is 10.1. The molecule has 0 aliphatic carbocycles. The molecule has 1 aromatic rings. The number of halogens is 3. The van der Waals surface area contributed by atoms with Gasteiger partial charge in [-0.05, 0) is 17.7 Å². The van der Waals surface area contributed by atoms with Crippen molar-refractivity contribution in [1.29, 1.82) is 0 Å². The molecule has 0 bridgehead atoms. The highest BCUT2D eigenvalue weighted by Gasteiger charge is 2.30. The molecule has 4 nitrogen and oxygen atoms in total. The second kappa shape index (κ2) is 7.10. The first kappa shape index (κ1) is 15.5. The molecule has 7 heteroatoms. The van der Waals surface area contributed by atoms with Gasteiger partial charge in [0.25, 0.3) is 0 Å². The molecule has 0 spiro atoms. The lowest BCUT2D eigenvalue weighted by Gasteiger charge is -2.09. The zero-order chi connectivity index (χ0) is 14.3. The van der Waals surface area contributed by atoms with E-state index in [-0.39, 0.29) is 19.8 Å². The van der Waals surface area contributed by atoms with Crippen molar-refractivity contribution in [3.63, 3.8) is 0 Å². The van der Waals surface area contributed by atoms with Crippen LogP contribution in [0.3, 0.4) is 0 Å². The quantitative estimate of drug-likeness (QED) is 0.770. The third kappa shape index (κ3) is 5.71. The minimum atomic E-state index is -4.38. The highest BCUT2D eigenvalue weighted by atomic mass is 19.4. The van der Waals surface area contributed by atoms with E-state index in [4.69, 9.17) is 10.5 Å². The number of nitrogens with one attached hydrogen (secondary N) is 1. The Morgan fingerprint density at radius 1 is 1.37 bits per heavy atom. The van der Waals surface area contributed by atoms with Gasteiger partial charge >= 0.3 is 6.18 Å². The molecule has 0 heterocycles. The van der Waals surface area contributed by atoms with Gasteiger partial charge < -0.3 is 15.8 Å². The molecule has 0 saturated carbocycles. The molecular weight excluding hydrogens is 261 g/mol. The average molecular weight is 276 g/mol. The molecule has 0 fully saturated rings. The number of nitrogens with two attached hydrogens (primary N) is 1. The molecule has 0 unspecified atom stereocenters. The molecule has 19 heavy (non-hydrogen) atoms. The number of alkyl halides is 3. The van der Waals surface area contributed by atoms with E-state index in [1.807, 2.05) is 0 Å². The Labute approximate surface area is 108 Å². The van der Waals surface area contributed by atoms with Crippen LogP contribution < -0.4 is 11.1 Å². The fourth-order valence-electron chi connectivity index (χ4n) is 1.36. The van der Waals surface area contributed by atoms with Crippen LogP contribution in [0.25, 0.3) is 0 Å². The topological polar surface area (TPSA) is 64.3 Å². The van der Waals surface area contributed by atoms with E-state index in [2.05, 4.69) is 5.32 Å². The number of carbonyl (C=O) groups excluding carboxylic acids is 1. The first-order chi connectivity index (χ1) is 8.93. The van der Waals surface area contributed by atoms with Crippen molar-refractivity contribution in [3.05, 3.63) is 35.4 Å². The Morgan fingerprint density at radius 2 is 2.11 bits per heavy atom. The molecule has 1 aromatic carbocycles. The monoisotopic (exact) mass is 276 g/mol. The van der Waals surface area contributed by atoms with Crippen molar-refractivity contribution in [1.82, 2.24) is 5.32 Å². The molecule has 0 atom stereocenters. The van der Waals surface area contributed by atoms with E-state index >= 15 is 0 Å². The average Bonchev–Trinajstić information content (AvgIpc) is 2.36. The van der Waals surface area contributed by atoms with Crippen molar-refractivity contribution in [3.8, 4) is 0 Å². The van der Waals surface area contributed by atoms with Gasteiger partial charge in [-0.2, -0.15) is 13.2 Å². The summed E-state index contributed by atoms with van der Waals surface area (Å²) in [4.78, 5) is 11.3.